The van der Waals surface area contributed by atoms with Gasteiger partial charge in [-0.1, -0.05) is 23.2 Å². The number of benzene rings is 2. The standard InChI is InChI=1S/C23H22Cl2FN5/c1-31-6-4-14(5-7-31)12-28-17-8-18-22(30-16-2-3-21(26)19(24)9-16)15(11-27)13-29-23(18)20(25)10-17/h2-3,8-10,13-14,28H,4-7,12H2,1H3,(H,29,30). The zero-order valence-electron chi connectivity index (χ0n) is 17.1. The fourth-order valence-electron chi connectivity index (χ4n) is 3.83. The summed E-state index contributed by atoms with van der Waals surface area (Å²) < 4.78 is 13.6. The van der Waals surface area contributed by atoms with Gasteiger partial charge in [0.15, 0.2) is 0 Å². The lowest BCUT2D eigenvalue weighted by Gasteiger charge is -2.29. The number of hydrogen-bond acceptors (Lipinski definition) is 5. The summed E-state index contributed by atoms with van der Waals surface area (Å²) in [6.07, 6.45) is 3.79. The van der Waals surface area contributed by atoms with Crippen molar-refractivity contribution in [3.63, 3.8) is 0 Å². The number of likely N-dealkylation sites (tertiary alicyclic amines) is 1. The number of pyridine rings is 1. The van der Waals surface area contributed by atoms with Crippen LogP contribution < -0.4 is 10.6 Å². The van der Waals surface area contributed by atoms with Gasteiger partial charge in [0.1, 0.15) is 11.9 Å². The molecule has 1 aromatic heterocycles. The Labute approximate surface area is 190 Å². The van der Waals surface area contributed by atoms with E-state index >= 15 is 0 Å². The van der Waals surface area contributed by atoms with E-state index < -0.39 is 5.82 Å². The molecular formula is C23H22Cl2FN5. The van der Waals surface area contributed by atoms with Crippen LogP contribution in [0.5, 0.6) is 0 Å². The van der Waals surface area contributed by atoms with Gasteiger partial charge in [0, 0.05) is 29.5 Å². The van der Waals surface area contributed by atoms with Crippen LogP contribution in [0.3, 0.4) is 0 Å². The Balaban J connectivity index is 1.67. The molecule has 0 saturated carbocycles. The molecule has 0 unspecified atom stereocenters. The Morgan fingerprint density at radius 2 is 1.90 bits per heavy atom. The molecule has 1 fully saturated rings. The first-order valence-corrected chi connectivity index (χ1v) is 10.9. The Morgan fingerprint density at radius 1 is 1.16 bits per heavy atom. The second-order valence-electron chi connectivity index (χ2n) is 7.89. The Morgan fingerprint density at radius 3 is 2.61 bits per heavy atom. The first-order valence-electron chi connectivity index (χ1n) is 10.1. The molecule has 5 nitrogen and oxygen atoms in total. The number of halogens is 3. The van der Waals surface area contributed by atoms with E-state index in [4.69, 9.17) is 23.2 Å². The minimum absolute atomic E-state index is 0.000356. The van der Waals surface area contributed by atoms with Gasteiger partial charge in [0.2, 0.25) is 0 Å². The predicted molar refractivity (Wildman–Crippen MR) is 125 cm³/mol. The monoisotopic (exact) mass is 457 g/mol. The van der Waals surface area contributed by atoms with Crippen molar-refractivity contribution in [2.45, 2.75) is 12.8 Å². The summed E-state index contributed by atoms with van der Waals surface area (Å²) >= 11 is 12.4. The van der Waals surface area contributed by atoms with E-state index in [1.165, 1.54) is 18.3 Å². The van der Waals surface area contributed by atoms with Crippen LogP contribution in [0.25, 0.3) is 10.9 Å². The van der Waals surface area contributed by atoms with Gasteiger partial charge in [-0.15, -0.1) is 0 Å². The molecule has 160 valence electrons. The second kappa shape index (κ2) is 9.27. The third kappa shape index (κ3) is 4.85. The summed E-state index contributed by atoms with van der Waals surface area (Å²) in [6, 6.07) is 10.3. The minimum atomic E-state index is -0.504. The molecule has 0 aliphatic carbocycles. The molecular weight excluding hydrogens is 436 g/mol. The molecule has 0 radical (unpaired) electrons. The zero-order valence-corrected chi connectivity index (χ0v) is 18.6. The van der Waals surface area contributed by atoms with Crippen LogP contribution in [0.2, 0.25) is 10.0 Å². The van der Waals surface area contributed by atoms with E-state index in [0.717, 1.165) is 38.2 Å². The van der Waals surface area contributed by atoms with E-state index in [0.29, 0.717) is 38.8 Å². The number of piperidine rings is 1. The summed E-state index contributed by atoms with van der Waals surface area (Å²) in [6.45, 7) is 3.07. The highest BCUT2D eigenvalue weighted by Crippen LogP contribution is 2.35. The van der Waals surface area contributed by atoms with Crippen molar-refractivity contribution in [1.29, 1.82) is 5.26 Å². The van der Waals surface area contributed by atoms with Gasteiger partial charge in [0.05, 0.1) is 26.8 Å². The third-order valence-corrected chi connectivity index (χ3v) is 6.24. The van der Waals surface area contributed by atoms with Crippen molar-refractivity contribution in [2.24, 2.45) is 5.92 Å². The van der Waals surface area contributed by atoms with E-state index in [-0.39, 0.29) is 5.02 Å². The van der Waals surface area contributed by atoms with Crippen LogP contribution in [0.15, 0.2) is 36.5 Å². The van der Waals surface area contributed by atoms with Gasteiger partial charge >= 0.3 is 0 Å². The summed E-state index contributed by atoms with van der Waals surface area (Å²) in [5.41, 5.74) is 2.93. The number of nitrogens with one attached hydrogen (secondary N) is 2. The number of fused-ring (bicyclic) bond motifs is 1. The summed E-state index contributed by atoms with van der Waals surface area (Å²) in [4.78, 5) is 6.72. The fourth-order valence-corrected chi connectivity index (χ4v) is 4.28. The predicted octanol–water partition coefficient (Wildman–Crippen LogP) is 6.05. The van der Waals surface area contributed by atoms with Crippen molar-refractivity contribution in [3.05, 3.63) is 58.0 Å². The smallest absolute Gasteiger partial charge is 0.141 e. The SMILES string of the molecule is CN1CCC(CNc2cc(Cl)c3ncc(C#N)c(Nc4ccc(F)c(Cl)c4)c3c2)CC1. The van der Waals surface area contributed by atoms with Gasteiger partial charge in [-0.25, -0.2) is 4.39 Å². The molecule has 0 atom stereocenters. The van der Waals surface area contributed by atoms with Crippen molar-refractivity contribution in [2.75, 3.05) is 37.3 Å². The van der Waals surface area contributed by atoms with Crippen molar-refractivity contribution in [3.8, 4) is 6.07 Å². The molecule has 0 bridgehead atoms. The normalized spacial score (nSPS) is 15.1. The Bertz CT molecular complexity index is 1150. The maximum Gasteiger partial charge on any atom is 0.141 e. The molecule has 4 rings (SSSR count). The van der Waals surface area contributed by atoms with Crippen LogP contribution >= 0.6 is 23.2 Å². The molecule has 1 aliphatic rings. The quantitative estimate of drug-likeness (QED) is 0.488. The molecule has 8 heteroatoms. The first-order chi connectivity index (χ1) is 14.9. The second-order valence-corrected chi connectivity index (χ2v) is 8.71. The number of nitriles is 1. The van der Waals surface area contributed by atoms with E-state index in [1.807, 2.05) is 12.1 Å². The summed E-state index contributed by atoms with van der Waals surface area (Å²) in [7, 11) is 2.15. The lowest BCUT2D eigenvalue weighted by molar-refractivity contribution is 0.226. The molecule has 2 heterocycles. The average molecular weight is 458 g/mol. The van der Waals surface area contributed by atoms with Gasteiger partial charge in [-0.05, 0) is 69.2 Å². The number of nitrogens with zero attached hydrogens (tertiary/aromatic N) is 3. The van der Waals surface area contributed by atoms with Crippen LogP contribution in [-0.4, -0.2) is 36.6 Å². The highest BCUT2D eigenvalue weighted by molar-refractivity contribution is 6.36. The molecule has 0 spiro atoms. The number of rotatable bonds is 5. The summed E-state index contributed by atoms with van der Waals surface area (Å²) in [5, 5.41) is 17.5. The average Bonchev–Trinajstić information content (AvgIpc) is 2.76. The number of aromatic nitrogens is 1. The van der Waals surface area contributed by atoms with Crippen LogP contribution in [0.1, 0.15) is 18.4 Å². The van der Waals surface area contributed by atoms with Gasteiger partial charge in [0.25, 0.3) is 0 Å². The topological polar surface area (TPSA) is 64.0 Å². The molecule has 1 saturated heterocycles. The van der Waals surface area contributed by atoms with E-state index in [1.54, 1.807) is 6.07 Å². The molecule has 2 N–H and O–H groups in total. The third-order valence-electron chi connectivity index (χ3n) is 5.67. The number of hydrogen-bond donors (Lipinski definition) is 2. The number of anilines is 3. The van der Waals surface area contributed by atoms with Crippen LogP contribution in [-0.2, 0) is 0 Å². The highest BCUT2D eigenvalue weighted by Gasteiger charge is 2.18. The molecule has 3 aromatic rings. The maximum atomic E-state index is 13.6. The first kappa shape index (κ1) is 21.6. The lowest BCUT2D eigenvalue weighted by atomic mass is 9.97. The van der Waals surface area contributed by atoms with E-state index in [9.17, 15) is 9.65 Å². The van der Waals surface area contributed by atoms with Crippen LogP contribution in [0.4, 0.5) is 21.5 Å². The zero-order chi connectivity index (χ0) is 22.0. The van der Waals surface area contributed by atoms with Crippen molar-refractivity contribution >= 4 is 51.2 Å². The molecule has 31 heavy (non-hydrogen) atoms. The van der Waals surface area contributed by atoms with Gasteiger partial charge in [-0.3, -0.25) is 4.98 Å². The van der Waals surface area contributed by atoms with Crippen LogP contribution in [0, 0.1) is 23.1 Å². The van der Waals surface area contributed by atoms with Gasteiger partial charge in [-0.2, -0.15) is 5.26 Å². The maximum absolute atomic E-state index is 13.6. The largest absolute Gasteiger partial charge is 0.385 e. The van der Waals surface area contributed by atoms with E-state index in [2.05, 4.69) is 33.6 Å². The van der Waals surface area contributed by atoms with Crippen molar-refractivity contribution < 1.29 is 4.39 Å². The summed E-state index contributed by atoms with van der Waals surface area (Å²) in [5.74, 6) is 0.101. The molecule has 2 aromatic carbocycles. The highest BCUT2D eigenvalue weighted by atomic mass is 35.5. The Kier molecular flexibility index (Phi) is 6.47. The van der Waals surface area contributed by atoms with Gasteiger partial charge < -0.3 is 15.5 Å². The molecule has 0 amide bonds. The fraction of sp³-hybridized carbons (Fsp3) is 0.304. The molecule has 1 aliphatic heterocycles. The Hall–Kier alpha value is -2.59. The van der Waals surface area contributed by atoms with Crippen molar-refractivity contribution in [1.82, 2.24) is 9.88 Å². The lowest BCUT2D eigenvalue weighted by Crippen LogP contribution is -2.32. The minimum Gasteiger partial charge on any atom is -0.385 e.